The maximum Gasteiger partial charge on any atom is 0.234 e. The van der Waals surface area contributed by atoms with Gasteiger partial charge in [0.2, 0.25) is 4.96 Å². The van der Waals surface area contributed by atoms with Crippen molar-refractivity contribution in [1.82, 2.24) is 25.1 Å². The fraction of sp³-hybridized carbons (Fsp3) is 0.700. The van der Waals surface area contributed by atoms with Crippen LogP contribution in [0.15, 0.2) is 0 Å². The lowest BCUT2D eigenvalue weighted by Crippen LogP contribution is -2.37. The van der Waals surface area contributed by atoms with Crippen LogP contribution < -0.4 is 5.32 Å². The summed E-state index contributed by atoms with van der Waals surface area (Å²) in [6.07, 6.45) is 2.30. The van der Waals surface area contributed by atoms with Gasteiger partial charge in [0.1, 0.15) is 5.01 Å². The molecule has 1 aliphatic heterocycles. The van der Waals surface area contributed by atoms with Gasteiger partial charge >= 0.3 is 0 Å². The number of hydrogen-bond acceptors (Lipinski definition) is 5. The number of nitrogens with zero attached hydrogens (tertiary/aromatic N) is 4. The average molecular weight is 237 g/mol. The van der Waals surface area contributed by atoms with Gasteiger partial charge in [-0.1, -0.05) is 18.3 Å². The maximum absolute atomic E-state index is 4.65. The van der Waals surface area contributed by atoms with Crippen molar-refractivity contribution in [2.24, 2.45) is 0 Å². The summed E-state index contributed by atoms with van der Waals surface area (Å²) in [6, 6.07) is 0. The second kappa shape index (κ2) is 3.49. The summed E-state index contributed by atoms with van der Waals surface area (Å²) in [7, 11) is 0. The van der Waals surface area contributed by atoms with Crippen molar-refractivity contribution in [3.63, 3.8) is 0 Å². The van der Waals surface area contributed by atoms with E-state index in [1.54, 1.807) is 11.3 Å². The van der Waals surface area contributed by atoms with Gasteiger partial charge in [-0.25, -0.2) is 0 Å². The molecule has 86 valence electrons. The molecule has 16 heavy (non-hydrogen) atoms. The minimum absolute atomic E-state index is 0.211. The smallest absolute Gasteiger partial charge is 0.234 e. The summed E-state index contributed by atoms with van der Waals surface area (Å²) in [5, 5.41) is 17.4. The van der Waals surface area contributed by atoms with Crippen LogP contribution in [0.5, 0.6) is 0 Å². The normalized spacial score (nSPS) is 20.4. The Hall–Kier alpha value is -1.01. The lowest BCUT2D eigenvalue weighted by molar-refractivity contribution is 0.331. The molecule has 6 heteroatoms. The number of hydrogen-bond donors (Lipinski definition) is 1. The fourth-order valence-corrected chi connectivity index (χ4v) is 3.24. The van der Waals surface area contributed by atoms with Gasteiger partial charge in [0.05, 0.1) is 0 Å². The fourth-order valence-electron chi connectivity index (χ4n) is 2.15. The third-order valence-corrected chi connectivity index (χ3v) is 4.58. The Kier molecular flexibility index (Phi) is 2.22. The van der Waals surface area contributed by atoms with Crippen LogP contribution in [0.4, 0.5) is 0 Å². The maximum atomic E-state index is 4.65. The lowest BCUT2D eigenvalue weighted by atomic mass is 9.82. The number of fused-ring (bicyclic) bond motifs is 1. The van der Waals surface area contributed by atoms with E-state index in [0.29, 0.717) is 0 Å². The first-order valence-electron chi connectivity index (χ1n) is 5.59. The summed E-state index contributed by atoms with van der Waals surface area (Å²) in [5.74, 6) is 0.870. The summed E-state index contributed by atoms with van der Waals surface area (Å²) in [4.78, 5) is 0.909. The van der Waals surface area contributed by atoms with Gasteiger partial charge in [-0.2, -0.15) is 9.61 Å². The number of rotatable bonds is 1. The Bertz CT molecular complexity index is 508. The molecule has 0 saturated carbocycles. The predicted octanol–water partition coefficient (Wildman–Crippen LogP) is 1.14. The van der Waals surface area contributed by atoms with E-state index in [1.807, 2.05) is 11.4 Å². The highest BCUT2D eigenvalue weighted by atomic mass is 32.1. The molecule has 0 aliphatic carbocycles. The molecule has 2 aromatic rings. The molecule has 0 amide bonds. The van der Waals surface area contributed by atoms with Gasteiger partial charge in [-0.3, -0.25) is 0 Å². The molecule has 2 aromatic heterocycles. The molecule has 3 rings (SSSR count). The highest BCUT2D eigenvalue weighted by molar-refractivity contribution is 7.16. The van der Waals surface area contributed by atoms with Gasteiger partial charge in [0.15, 0.2) is 5.82 Å². The summed E-state index contributed by atoms with van der Waals surface area (Å²) in [6.45, 7) is 6.40. The molecule has 1 N–H and O–H groups in total. The SMILES string of the molecule is Cc1nnc2sc(C3(C)CCNCC3)nn12. The molecule has 3 heterocycles. The molecular weight excluding hydrogens is 222 g/mol. The minimum Gasteiger partial charge on any atom is -0.317 e. The van der Waals surface area contributed by atoms with E-state index in [0.717, 1.165) is 36.7 Å². The van der Waals surface area contributed by atoms with E-state index in [9.17, 15) is 0 Å². The van der Waals surface area contributed by atoms with Gasteiger partial charge < -0.3 is 5.32 Å². The van der Waals surface area contributed by atoms with Crippen LogP contribution in [0.25, 0.3) is 4.96 Å². The van der Waals surface area contributed by atoms with Gasteiger partial charge in [-0.15, -0.1) is 10.2 Å². The molecule has 1 saturated heterocycles. The molecule has 1 aliphatic rings. The third kappa shape index (κ3) is 1.44. The van der Waals surface area contributed by atoms with Crippen molar-refractivity contribution in [2.75, 3.05) is 13.1 Å². The average Bonchev–Trinajstić information content (AvgIpc) is 2.83. The highest BCUT2D eigenvalue weighted by Crippen LogP contribution is 2.35. The van der Waals surface area contributed by atoms with Crippen LogP contribution in [0, 0.1) is 6.92 Å². The zero-order chi connectivity index (χ0) is 11.2. The Morgan fingerprint density at radius 1 is 1.31 bits per heavy atom. The first kappa shape index (κ1) is 10.2. The predicted molar refractivity (Wildman–Crippen MR) is 62.9 cm³/mol. The number of aromatic nitrogens is 4. The highest BCUT2D eigenvalue weighted by Gasteiger charge is 2.32. The third-order valence-electron chi connectivity index (χ3n) is 3.37. The topological polar surface area (TPSA) is 55.1 Å². The molecule has 0 aromatic carbocycles. The van der Waals surface area contributed by atoms with Crippen molar-refractivity contribution in [1.29, 1.82) is 0 Å². The molecule has 5 nitrogen and oxygen atoms in total. The van der Waals surface area contributed by atoms with E-state index in [4.69, 9.17) is 0 Å². The Morgan fingerprint density at radius 2 is 2.06 bits per heavy atom. The first-order valence-corrected chi connectivity index (χ1v) is 6.41. The van der Waals surface area contributed by atoms with Crippen molar-refractivity contribution in [2.45, 2.75) is 32.1 Å². The summed E-state index contributed by atoms with van der Waals surface area (Å²) >= 11 is 1.67. The van der Waals surface area contributed by atoms with E-state index >= 15 is 0 Å². The molecule has 0 atom stereocenters. The first-order chi connectivity index (χ1) is 7.69. The molecule has 0 unspecified atom stereocenters. The lowest BCUT2D eigenvalue weighted by Gasteiger charge is -2.31. The largest absolute Gasteiger partial charge is 0.317 e. The second-order valence-corrected chi connectivity index (χ2v) is 5.62. The summed E-state index contributed by atoms with van der Waals surface area (Å²) in [5.41, 5.74) is 0.211. The zero-order valence-electron chi connectivity index (χ0n) is 9.53. The Labute approximate surface area is 97.9 Å². The van der Waals surface area contributed by atoms with Crippen LogP contribution in [0.2, 0.25) is 0 Å². The van der Waals surface area contributed by atoms with Gasteiger partial charge in [0, 0.05) is 5.41 Å². The Balaban J connectivity index is 2.04. The van der Waals surface area contributed by atoms with Crippen molar-refractivity contribution in [3.05, 3.63) is 10.8 Å². The standard InChI is InChI=1S/C10H15N5S/c1-7-12-13-9-15(7)14-8(16-9)10(2)3-5-11-6-4-10/h11H,3-6H2,1-2H3. The molecule has 1 fully saturated rings. The Morgan fingerprint density at radius 3 is 2.75 bits per heavy atom. The molecular formula is C10H15N5S. The van der Waals surface area contributed by atoms with Crippen LogP contribution >= 0.6 is 11.3 Å². The number of piperidine rings is 1. The monoisotopic (exact) mass is 237 g/mol. The van der Waals surface area contributed by atoms with Crippen molar-refractivity contribution < 1.29 is 0 Å². The molecule has 0 bridgehead atoms. The van der Waals surface area contributed by atoms with Crippen LogP contribution in [-0.4, -0.2) is 32.9 Å². The zero-order valence-corrected chi connectivity index (χ0v) is 10.3. The van der Waals surface area contributed by atoms with E-state index in [1.165, 1.54) is 5.01 Å². The summed E-state index contributed by atoms with van der Waals surface area (Å²) < 4.78 is 1.85. The molecule has 0 radical (unpaired) electrons. The quantitative estimate of drug-likeness (QED) is 0.808. The number of nitrogens with one attached hydrogen (secondary N) is 1. The van der Waals surface area contributed by atoms with E-state index in [-0.39, 0.29) is 5.41 Å². The van der Waals surface area contributed by atoms with Gasteiger partial charge in [-0.05, 0) is 32.9 Å². The number of aryl methyl sites for hydroxylation is 1. The van der Waals surface area contributed by atoms with Crippen molar-refractivity contribution in [3.8, 4) is 0 Å². The van der Waals surface area contributed by atoms with Crippen LogP contribution in [0.3, 0.4) is 0 Å². The minimum atomic E-state index is 0.211. The van der Waals surface area contributed by atoms with Crippen molar-refractivity contribution >= 4 is 16.3 Å². The van der Waals surface area contributed by atoms with E-state index < -0.39 is 0 Å². The molecule has 0 spiro atoms. The van der Waals surface area contributed by atoms with Crippen LogP contribution in [-0.2, 0) is 5.41 Å². The van der Waals surface area contributed by atoms with Gasteiger partial charge in [0.25, 0.3) is 0 Å². The van der Waals surface area contributed by atoms with E-state index in [2.05, 4.69) is 27.5 Å². The second-order valence-electron chi connectivity index (χ2n) is 4.66. The van der Waals surface area contributed by atoms with Crippen LogP contribution in [0.1, 0.15) is 30.6 Å².